The van der Waals surface area contributed by atoms with Crippen molar-refractivity contribution in [2.45, 2.75) is 26.3 Å². The van der Waals surface area contributed by atoms with Crippen LogP contribution in [0.4, 0.5) is 8.78 Å². The van der Waals surface area contributed by atoms with Gasteiger partial charge in [-0.05, 0) is 36.9 Å². The number of carbonyl (C=O) groups excluding carboxylic acids is 1. The third-order valence-electron chi connectivity index (χ3n) is 4.09. The van der Waals surface area contributed by atoms with Crippen molar-refractivity contribution < 1.29 is 13.6 Å². The van der Waals surface area contributed by atoms with Crippen LogP contribution in [0.3, 0.4) is 0 Å². The van der Waals surface area contributed by atoms with Crippen LogP contribution in [0, 0.1) is 11.8 Å². The van der Waals surface area contributed by atoms with E-state index >= 15 is 0 Å². The third-order valence-corrected chi connectivity index (χ3v) is 4.09. The zero-order chi connectivity index (χ0) is 14.7. The molecule has 1 fully saturated rings. The molecule has 1 aromatic heterocycles. The smallest absolute Gasteiger partial charge is 0.270 e. The third kappa shape index (κ3) is 3.17. The number of hydrogen-bond donors (Lipinski definition) is 1. The van der Waals surface area contributed by atoms with Gasteiger partial charge >= 0.3 is 0 Å². The number of nitrogens with two attached hydrogens (primary N) is 1. The Morgan fingerprint density at radius 3 is 2.95 bits per heavy atom. The van der Waals surface area contributed by atoms with E-state index < -0.39 is 13.0 Å². The first-order valence-corrected chi connectivity index (χ1v) is 6.95. The molecular weight excluding hydrogens is 264 g/mol. The van der Waals surface area contributed by atoms with E-state index in [-0.39, 0.29) is 11.8 Å². The molecule has 20 heavy (non-hydrogen) atoms. The summed E-state index contributed by atoms with van der Waals surface area (Å²) in [7, 11) is 0. The number of nitrogens with zero attached hydrogens (tertiary/aromatic N) is 2. The van der Waals surface area contributed by atoms with Gasteiger partial charge in [-0.25, -0.2) is 8.78 Å². The first-order valence-electron chi connectivity index (χ1n) is 6.95. The number of halogens is 2. The number of rotatable bonds is 4. The van der Waals surface area contributed by atoms with E-state index in [0.717, 1.165) is 6.42 Å². The average molecular weight is 285 g/mol. The maximum atomic E-state index is 12.5. The minimum atomic E-state index is -2.47. The number of likely N-dealkylation sites (tertiary alicyclic amines) is 1. The normalized spacial score (nSPS) is 23.4. The molecule has 2 rings (SSSR count). The Morgan fingerprint density at radius 2 is 2.30 bits per heavy atom. The molecule has 0 aromatic carbocycles. The minimum Gasteiger partial charge on any atom is -0.338 e. The first kappa shape index (κ1) is 15.0. The van der Waals surface area contributed by atoms with Crippen molar-refractivity contribution in [3.05, 3.63) is 24.0 Å². The van der Waals surface area contributed by atoms with Crippen LogP contribution in [0.1, 0.15) is 23.8 Å². The lowest BCUT2D eigenvalue weighted by Crippen LogP contribution is -2.46. The van der Waals surface area contributed by atoms with Gasteiger partial charge in [0.05, 0.1) is 6.54 Å². The second kappa shape index (κ2) is 6.35. The van der Waals surface area contributed by atoms with Crippen molar-refractivity contribution in [2.75, 3.05) is 19.6 Å². The molecule has 0 bridgehead atoms. The monoisotopic (exact) mass is 285 g/mol. The Bertz CT molecular complexity index is 461. The molecule has 0 aliphatic carbocycles. The van der Waals surface area contributed by atoms with Crippen LogP contribution in [0.2, 0.25) is 0 Å². The fourth-order valence-corrected chi connectivity index (χ4v) is 2.72. The first-order chi connectivity index (χ1) is 9.52. The van der Waals surface area contributed by atoms with Crippen molar-refractivity contribution in [1.82, 2.24) is 9.47 Å². The molecule has 1 saturated heterocycles. The second-order valence-electron chi connectivity index (χ2n) is 5.45. The molecule has 112 valence electrons. The van der Waals surface area contributed by atoms with Gasteiger partial charge in [-0.3, -0.25) is 4.79 Å². The van der Waals surface area contributed by atoms with Gasteiger partial charge in [-0.15, -0.1) is 0 Å². The molecule has 2 heterocycles. The van der Waals surface area contributed by atoms with Gasteiger partial charge in [0.15, 0.2) is 0 Å². The van der Waals surface area contributed by atoms with Gasteiger partial charge in [0.1, 0.15) is 5.69 Å². The molecule has 2 N–H and O–H groups in total. The van der Waals surface area contributed by atoms with Crippen molar-refractivity contribution in [2.24, 2.45) is 17.6 Å². The molecule has 0 radical (unpaired) electrons. The minimum absolute atomic E-state index is 0.180. The lowest BCUT2D eigenvalue weighted by molar-refractivity contribution is 0.0600. The Labute approximate surface area is 117 Å². The number of amides is 1. The average Bonchev–Trinajstić information content (AvgIpc) is 2.85. The summed E-state index contributed by atoms with van der Waals surface area (Å²) in [5, 5.41) is 0. The molecule has 0 saturated carbocycles. The van der Waals surface area contributed by atoms with Gasteiger partial charge in [0.25, 0.3) is 12.3 Å². The van der Waals surface area contributed by atoms with E-state index in [1.54, 1.807) is 17.0 Å². The number of hydrogen-bond acceptors (Lipinski definition) is 2. The molecule has 2 unspecified atom stereocenters. The summed E-state index contributed by atoms with van der Waals surface area (Å²) in [6.07, 6.45) is -0.0395. The van der Waals surface area contributed by atoms with E-state index in [2.05, 4.69) is 6.92 Å². The van der Waals surface area contributed by atoms with Crippen LogP contribution >= 0.6 is 0 Å². The van der Waals surface area contributed by atoms with Crippen LogP contribution in [0.15, 0.2) is 18.3 Å². The number of aromatic nitrogens is 1. The summed E-state index contributed by atoms with van der Waals surface area (Å²) in [5.41, 5.74) is 6.06. The van der Waals surface area contributed by atoms with Crippen LogP contribution in [0.25, 0.3) is 0 Å². The van der Waals surface area contributed by atoms with E-state index in [0.29, 0.717) is 31.2 Å². The fourth-order valence-electron chi connectivity index (χ4n) is 2.72. The van der Waals surface area contributed by atoms with Crippen molar-refractivity contribution in [3.8, 4) is 0 Å². The predicted octanol–water partition coefficient (Wildman–Crippen LogP) is 1.81. The predicted molar refractivity (Wildman–Crippen MR) is 72.7 cm³/mol. The topological polar surface area (TPSA) is 51.3 Å². The molecule has 2 atom stereocenters. The van der Waals surface area contributed by atoms with Gasteiger partial charge < -0.3 is 15.2 Å². The molecule has 6 heteroatoms. The summed E-state index contributed by atoms with van der Waals surface area (Å²) >= 11 is 0. The van der Waals surface area contributed by atoms with Crippen LogP contribution < -0.4 is 5.73 Å². The Kier molecular flexibility index (Phi) is 4.75. The Balaban J connectivity index is 2.09. The van der Waals surface area contributed by atoms with E-state index in [1.165, 1.54) is 10.8 Å². The molecule has 4 nitrogen and oxygen atoms in total. The summed E-state index contributed by atoms with van der Waals surface area (Å²) < 4.78 is 26.3. The lowest BCUT2D eigenvalue weighted by Gasteiger charge is -2.36. The highest BCUT2D eigenvalue weighted by atomic mass is 19.3. The van der Waals surface area contributed by atoms with E-state index in [9.17, 15) is 13.6 Å². The molecule has 1 aliphatic heterocycles. The van der Waals surface area contributed by atoms with Crippen LogP contribution in [-0.4, -0.2) is 41.4 Å². The summed E-state index contributed by atoms with van der Waals surface area (Å²) in [6, 6.07) is 3.22. The highest BCUT2D eigenvalue weighted by molar-refractivity contribution is 5.92. The summed E-state index contributed by atoms with van der Waals surface area (Å²) in [4.78, 5) is 14.2. The number of carbonyl (C=O) groups is 1. The zero-order valence-electron chi connectivity index (χ0n) is 11.6. The SMILES string of the molecule is CC1CCN(C(=O)c2cccn2CC(F)F)CC1CN. The zero-order valence-corrected chi connectivity index (χ0v) is 11.6. The van der Waals surface area contributed by atoms with Crippen molar-refractivity contribution in [1.29, 1.82) is 0 Å². The summed E-state index contributed by atoms with van der Waals surface area (Å²) in [5.74, 6) is 0.601. The van der Waals surface area contributed by atoms with Crippen LogP contribution in [-0.2, 0) is 6.54 Å². The standard InChI is InChI=1S/C14H21F2N3O/c1-10-4-6-19(8-11(10)7-17)14(20)12-3-2-5-18(12)9-13(15)16/h2-3,5,10-11,13H,4,6-9,17H2,1H3. The summed E-state index contributed by atoms with van der Waals surface area (Å²) in [6.45, 7) is 3.51. The maximum absolute atomic E-state index is 12.5. The molecule has 1 aliphatic rings. The molecule has 0 spiro atoms. The highest BCUT2D eigenvalue weighted by Gasteiger charge is 2.29. The van der Waals surface area contributed by atoms with Gasteiger partial charge in [0.2, 0.25) is 0 Å². The maximum Gasteiger partial charge on any atom is 0.270 e. The van der Waals surface area contributed by atoms with E-state index in [4.69, 9.17) is 5.73 Å². The number of piperidine rings is 1. The van der Waals surface area contributed by atoms with Crippen molar-refractivity contribution in [3.63, 3.8) is 0 Å². The van der Waals surface area contributed by atoms with Crippen LogP contribution in [0.5, 0.6) is 0 Å². The molecule has 1 aromatic rings. The van der Waals surface area contributed by atoms with Crippen molar-refractivity contribution >= 4 is 5.91 Å². The second-order valence-corrected chi connectivity index (χ2v) is 5.45. The largest absolute Gasteiger partial charge is 0.338 e. The van der Waals surface area contributed by atoms with Gasteiger partial charge in [-0.1, -0.05) is 6.92 Å². The van der Waals surface area contributed by atoms with Gasteiger partial charge in [0, 0.05) is 19.3 Å². The fraction of sp³-hybridized carbons (Fsp3) is 0.643. The Morgan fingerprint density at radius 1 is 1.55 bits per heavy atom. The quantitative estimate of drug-likeness (QED) is 0.917. The van der Waals surface area contributed by atoms with Gasteiger partial charge in [-0.2, -0.15) is 0 Å². The van der Waals surface area contributed by atoms with E-state index in [1.807, 2.05) is 0 Å². The lowest BCUT2D eigenvalue weighted by atomic mass is 9.87. The highest BCUT2D eigenvalue weighted by Crippen LogP contribution is 2.23. The molecule has 1 amide bonds. The molecular formula is C14H21F2N3O. The number of alkyl halides is 2. The Hall–Kier alpha value is -1.43.